The predicted octanol–water partition coefficient (Wildman–Crippen LogP) is 2.71. The minimum Gasteiger partial charge on any atom is -0.394 e. The van der Waals surface area contributed by atoms with Crippen LogP contribution in [0, 0.1) is 11.8 Å². The first-order valence-corrected chi connectivity index (χ1v) is 7.02. The van der Waals surface area contributed by atoms with Gasteiger partial charge in [-0.3, -0.25) is 0 Å². The third-order valence-corrected chi connectivity index (χ3v) is 4.55. The highest BCUT2D eigenvalue weighted by molar-refractivity contribution is 4.95. The Morgan fingerprint density at radius 3 is 2.12 bits per heavy atom. The first-order chi connectivity index (χ1) is 7.63. The summed E-state index contributed by atoms with van der Waals surface area (Å²) < 4.78 is 0. The first-order valence-electron chi connectivity index (χ1n) is 7.02. The van der Waals surface area contributed by atoms with Gasteiger partial charge in [-0.1, -0.05) is 26.7 Å². The van der Waals surface area contributed by atoms with Crippen molar-refractivity contribution in [1.29, 1.82) is 0 Å². The first kappa shape index (κ1) is 12.4. The van der Waals surface area contributed by atoms with E-state index in [1.807, 2.05) is 0 Å². The zero-order valence-corrected chi connectivity index (χ0v) is 10.8. The minimum absolute atomic E-state index is 0.0709. The van der Waals surface area contributed by atoms with Gasteiger partial charge in [-0.15, -0.1) is 0 Å². The highest BCUT2D eigenvalue weighted by Crippen LogP contribution is 2.34. The molecule has 94 valence electrons. The standard InChI is InChI=1S/C14H27NO/c1-11-7-12(2)9-13(8-11)15-14(10-16)5-3-4-6-14/h11-13,15-16H,3-10H2,1-2H3. The van der Waals surface area contributed by atoms with Crippen molar-refractivity contribution in [3.63, 3.8) is 0 Å². The molecule has 2 aliphatic carbocycles. The average molecular weight is 225 g/mol. The molecule has 0 aromatic heterocycles. The Morgan fingerprint density at radius 1 is 1.06 bits per heavy atom. The highest BCUT2D eigenvalue weighted by atomic mass is 16.3. The molecule has 2 nitrogen and oxygen atoms in total. The summed E-state index contributed by atoms with van der Waals surface area (Å²) in [5.41, 5.74) is 0.0709. The van der Waals surface area contributed by atoms with Gasteiger partial charge in [-0.05, 0) is 43.9 Å². The Labute approximate surface area is 99.8 Å². The number of aliphatic hydroxyl groups is 1. The molecule has 2 rings (SSSR count). The van der Waals surface area contributed by atoms with Crippen molar-refractivity contribution in [2.24, 2.45) is 11.8 Å². The van der Waals surface area contributed by atoms with E-state index < -0.39 is 0 Å². The number of hydrogen-bond donors (Lipinski definition) is 2. The molecule has 2 N–H and O–H groups in total. The van der Waals surface area contributed by atoms with Crippen molar-refractivity contribution in [2.75, 3.05) is 6.61 Å². The molecule has 2 fully saturated rings. The molecule has 2 unspecified atom stereocenters. The molecular weight excluding hydrogens is 198 g/mol. The SMILES string of the molecule is CC1CC(C)CC(NC2(CO)CCCC2)C1. The second-order valence-electron chi connectivity index (χ2n) is 6.40. The van der Waals surface area contributed by atoms with Crippen molar-refractivity contribution in [2.45, 2.75) is 70.4 Å². The van der Waals surface area contributed by atoms with Crippen LogP contribution in [0.5, 0.6) is 0 Å². The van der Waals surface area contributed by atoms with Crippen molar-refractivity contribution >= 4 is 0 Å². The Kier molecular flexibility index (Phi) is 3.91. The van der Waals surface area contributed by atoms with Gasteiger partial charge in [0.25, 0.3) is 0 Å². The van der Waals surface area contributed by atoms with Gasteiger partial charge in [-0.2, -0.15) is 0 Å². The van der Waals surface area contributed by atoms with E-state index >= 15 is 0 Å². The molecule has 0 spiro atoms. The van der Waals surface area contributed by atoms with Crippen molar-refractivity contribution < 1.29 is 5.11 Å². The van der Waals surface area contributed by atoms with E-state index in [1.54, 1.807) is 0 Å². The van der Waals surface area contributed by atoms with E-state index in [9.17, 15) is 5.11 Å². The summed E-state index contributed by atoms with van der Waals surface area (Å²) in [6.45, 7) is 5.06. The molecule has 0 aliphatic heterocycles. The lowest BCUT2D eigenvalue weighted by Crippen LogP contribution is -2.53. The van der Waals surface area contributed by atoms with Crippen LogP contribution in [0.15, 0.2) is 0 Å². The van der Waals surface area contributed by atoms with Gasteiger partial charge in [0.2, 0.25) is 0 Å². The van der Waals surface area contributed by atoms with Gasteiger partial charge in [0.15, 0.2) is 0 Å². The summed E-state index contributed by atoms with van der Waals surface area (Å²) >= 11 is 0. The smallest absolute Gasteiger partial charge is 0.0613 e. The lowest BCUT2D eigenvalue weighted by molar-refractivity contribution is 0.124. The summed E-state index contributed by atoms with van der Waals surface area (Å²) in [4.78, 5) is 0. The molecule has 0 heterocycles. The van der Waals surface area contributed by atoms with E-state index in [4.69, 9.17) is 0 Å². The fourth-order valence-corrected chi connectivity index (χ4v) is 3.90. The molecule has 2 saturated carbocycles. The number of nitrogens with one attached hydrogen (secondary N) is 1. The summed E-state index contributed by atoms with van der Waals surface area (Å²) in [7, 11) is 0. The molecule has 0 amide bonds. The normalized spacial score (nSPS) is 38.8. The summed E-state index contributed by atoms with van der Waals surface area (Å²) in [6.07, 6.45) is 8.88. The van der Waals surface area contributed by atoms with Crippen LogP contribution < -0.4 is 5.32 Å². The highest BCUT2D eigenvalue weighted by Gasteiger charge is 2.36. The quantitative estimate of drug-likeness (QED) is 0.774. The van der Waals surface area contributed by atoms with Gasteiger partial charge >= 0.3 is 0 Å². The van der Waals surface area contributed by atoms with Crippen LogP contribution in [-0.4, -0.2) is 23.3 Å². The lowest BCUT2D eigenvalue weighted by Gasteiger charge is -2.39. The molecule has 0 saturated heterocycles. The van der Waals surface area contributed by atoms with Crippen LogP contribution >= 0.6 is 0 Å². The monoisotopic (exact) mass is 225 g/mol. The van der Waals surface area contributed by atoms with Crippen molar-refractivity contribution in [3.05, 3.63) is 0 Å². The van der Waals surface area contributed by atoms with Gasteiger partial charge in [-0.25, -0.2) is 0 Å². The summed E-state index contributed by atoms with van der Waals surface area (Å²) in [6, 6.07) is 0.643. The Bertz CT molecular complexity index is 213. The van der Waals surface area contributed by atoms with Crippen LogP contribution in [0.3, 0.4) is 0 Å². The summed E-state index contributed by atoms with van der Waals surface area (Å²) in [5.74, 6) is 1.69. The lowest BCUT2D eigenvalue weighted by atomic mass is 9.79. The van der Waals surface area contributed by atoms with Gasteiger partial charge in [0.1, 0.15) is 0 Å². The molecule has 0 aromatic carbocycles. The predicted molar refractivity (Wildman–Crippen MR) is 67.4 cm³/mol. The third kappa shape index (κ3) is 2.78. The molecular formula is C14H27NO. The van der Waals surface area contributed by atoms with Crippen LogP contribution in [0.2, 0.25) is 0 Å². The zero-order chi connectivity index (χ0) is 11.6. The van der Waals surface area contributed by atoms with Crippen LogP contribution in [0.25, 0.3) is 0 Å². The molecule has 2 heteroatoms. The van der Waals surface area contributed by atoms with Gasteiger partial charge in [0, 0.05) is 11.6 Å². The maximum Gasteiger partial charge on any atom is 0.0613 e. The number of rotatable bonds is 3. The maximum atomic E-state index is 9.62. The molecule has 2 atom stereocenters. The van der Waals surface area contributed by atoms with E-state index in [0.29, 0.717) is 12.6 Å². The second kappa shape index (κ2) is 5.05. The Hall–Kier alpha value is -0.0800. The van der Waals surface area contributed by atoms with Crippen molar-refractivity contribution in [3.8, 4) is 0 Å². The van der Waals surface area contributed by atoms with Gasteiger partial charge < -0.3 is 10.4 Å². The molecule has 0 radical (unpaired) electrons. The van der Waals surface area contributed by atoms with Crippen LogP contribution in [0.4, 0.5) is 0 Å². The fourth-order valence-electron chi connectivity index (χ4n) is 3.90. The second-order valence-corrected chi connectivity index (χ2v) is 6.40. The molecule has 2 aliphatic rings. The largest absolute Gasteiger partial charge is 0.394 e. The minimum atomic E-state index is 0.0709. The number of hydrogen-bond acceptors (Lipinski definition) is 2. The topological polar surface area (TPSA) is 32.3 Å². The van der Waals surface area contributed by atoms with E-state index in [1.165, 1.54) is 44.9 Å². The molecule has 16 heavy (non-hydrogen) atoms. The Morgan fingerprint density at radius 2 is 1.62 bits per heavy atom. The average Bonchev–Trinajstić information content (AvgIpc) is 2.65. The molecule has 0 aromatic rings. The van der Waals surface area contributed by atoms with E-state index in [2.05, 4.69) is 19.2 Å². The summed E-state index contributed by atoms with van der Waals surface area (Å²) in [5, 5.41) is 13.4. The zero-order valence-electron chi connectivity index (χ0n) is 10.8. The number of aliphatic hydroxyl groups excluding tert-OH is 1. The maximum absolute atomic E-state index is 9.62. The molecule has 0 bridgehead atoms. The van der Waals surface area contributed by atoms with Crippen LogP contribution in [0.1, 0.15) is 58.8 Å². The van der Waals surface area contributed by atoms with E-state index in [-0.39, 0.29) is 5.54 Å². The van der Waals surface area contributed by atoms with Crippen molar-refractivity contribution in [1.82, 2.24) is 5.32 Å². The van der Waals surface area contributed by atoms with E-state index in [0.717, 1.165) is 11.8 Å². The van der Waals surface area contributed by atoms with Gasteiger partial charge in [0.05, 0.1) is 6.61 Å². The fraction of sp³-hybridized carbons (Fsp3) is 1.00. The van der Waals surface area contributed by atoms with Crippen LogP contribution in [-0.2, 0) is 0 Å². The Balaban J connectivity index is 1.92. The third-order valence-electron chi connectivity index (χ3n) is 4.55.